The molecule has 0 bridgehead atoms. The van der Waals surface area contributed by atoms with Crippen LogP contribution in [0.5, 0.6) is 0 Å². The Morgan fingerprint density at radius 3 is 1.06 bits per heavy atom. The maximum Gasteiger partial charge on any atom is 1.00 e. The van der Waals surface area contributed by atoms with E-state index in [1.165, 1.54) is 0 Å². The van der Waals surface area contributed by atoms with Gasteiger partial charge in [-0.05, 0) is 0 Å². The average molecular weight is 298 g/mol. The van der Waals surface area contributed by atoms with E-state index in [0.717, 1.165) is 0 Å². The summed E-state index contributed by atoms with van der Waals surface area (Å²) >= 11 is 0. The number of rotatable bonds is 6. The molecule has 16 heavy (non-hydrogen) atoms. The quantitative estimate of drug-likeness (QED) is 0.446. The van der Waals surface area contributed by atoms with Crippen LogP contribution in [0.25, 0.3) is 0 Å². The first kappa shape index (κ1) is 25.7. The zero-order valence-corrected chi connectivity index (χ0v) is 13.8. The van der Waals surface area contributed by atoms with Gasteiger partial charge in [-0.25, -0.2) is 0 Å². The van der Waals surface area contributed by atoms with Crippen molar-refractivity contribution in [2.24, 2.45) is 0 Å². The fourth-order valence-electron chi connectivity index (χ4n) is 0.715. The van der Waals surface area contributed by atoms with Gasteiger partial charge < -0.3 is 29.7 Å². The topological polar surface area (TPSA) is 124 Å². The molecule has 0 N–H and O–H groups in total. The average Bonchev–Trinajstić information content (AvgIpc) is 1.80. The predicted molar refractivity (Wildman–Crippen MR) is 31.5 cm³/mol. The Hall–Kier alpha value is 0.889. The van der Waals surface area contributed by atoms with E-state index >= 15 is 0 Å². The molecule has 0 aromatic carbocycles. The zero-order valence-electron chi connectivity index (χ0n) is 8.82. The molecule has 10 heteroatoms. The Kier molecular flexibility index (Phi) is 22.4. The fourth-order valence-corrected chi connectivity index (χ4v) is 0.715. The molecule has 0 aliphatic heterocycles. The molecule has 0 aromatic heterocycles. The van der Waals surface area contributed by atoms with Gasteiger partial charge in [-0.3, -0.25) is 4.90 Å². The summed E-state index contributed by atoms with van der Waals surface area (Å²) in [5.41, 5.74) is 0. The summed E-state index contributed by atoms with van der Waals surface area (Å²) in [4.78, 5) is 30.6. The Labute approximate surface area is 147 Å². The Balaban J connectivity index is -0.000000240. The summed E-state index contributed by atoms with van der Waals surface area (Å²) in [6.07, 6.45) is 0. The van der Waals surface area contributed by atoms with Crippen LogP contribution in [0.15, 0.2) is 0 Å². The Bertz CT molecular complexity index is 201. The molecule has 0 atom stereocenters. The molecule has 84 valence electrons. The summed E-state index contributed by atoms with van der Waals surface area (Å²) < 4.78 is 0. The van der Waals surface area contributed by atoms with E-state index in [9.17, 15) is 29.7 Å². The first-order chi connectivity index (χ1) is 5.91. The van der Waals surface area contributed by atoms with Crippen molar-refractivity contribution < 1.29 is 106 Å². The van der Waals surface area contributed by atoms with E-state index in [1.807, 2.05) is 0 Å². The number of nitrogens with zero attached hydrogens (tertiary/aromatic N) is 1. The molecular formula is C6H6CuNNa2O6. The summed E-state index contributed by atoms with van der Waals surface area (Å²) in [5, 5.41) is 30.0. The van der Waals surface area contributed by atoms with Gasteiger partial charge in [0, 0.05) is 19.6 Å². The molecular weight excluding hydrogens is 292 g/mol. The summed E-state index contributed by atoms with van der Waals surface area (Å²) in [6.45, 7) is -2.37. The van der Waals surface area contributed by atoms with Gasteiger partial charge in [-0.2, -0.15) is 0 Å². The Morgan fingerprint density at radius 1 is 0.750 bits per heavy atom. The second-order valence-corrected chi connectivity index (χ2v) is 2.26. The number of carboxylic acid groups (broad SMARTS) is 3. The molecule has 7 nitrogen and oxygen atoms in total. The molecule has 0 aromatic rings. The van der Waals surface area contributed by atoms with Crippen molar-refractivity contribution in [2.45, 2.75) is 0 Å². The number of aliphatic carboxylic acids is 3. The summed E-state index contributed by atoms with van der Waals surface area (Å²) in [6, 6.07) is 0. The van der Waals surface area contributed by atoms with Crippen LogP contribution in [-0.2, 0) is 31.5 Å². The van der Waals surface area contributed by atoms with Crippen molar-refractivity contribution in [1.82, 2.24) is 4.90 Å². The molecule has 0 radical (unpaired) electrons. The van der Waals surface area contributed by atoms with Gasteiger partial charge in [-0.15, -0.1) is 0 Å². The Morgan fingerprint density at radius 2 is 0.938 bits per heavy atom. The van der Waals surface area contributed by atoms with Crippen molar-refractivity contribution in [3.63, 3.8) is 0 Å². The third-order valence-corrected chi connectivity index (χ3v) is 1.06. The van der Waals surface area contributed by atoms with Crippen molar-refractivity contribution in [1.29, 1.82) is 0 Å². The SMILES string of the molecule is O=C([O-])CN(CC(=O)[O-])CC(=O)[O-].[Cu+].[Na+].[Na+]. The summed E-state index contributed by atoms with van der Waals surface area (Å²) in [7, 11) is 0. The van der Waals surface area contributed by atoms with E-state index in [-0.39, 0.29) is 76.2 Å². The molecule has 0 aliphatic carbocycles. The maximum atomic E-state index is 9.99. The molecule has 0 saturated heterocycles. The van der Waals surface area contributed by atoms with E-state index in [4.69, 9.17) is 0 Å². The standard InChI is InChI=1S/C6H9NO6.Cu.2Na/c8-4(9)1-7(2-5(10)11)3-6(12)13;;;/h1-3H2,(H,8,9)(H,10,11)(H,12,13);;;/q;3*+1/p-3. The van der Waals surface area contributed by atoms with Gasteiger partial charge in [0.25, 0.3) is 0 Å². The van der Waals surface area contributed by atoms with Gasteiger partial charge in [0.2, 0.25) is 0 Å². The van der Waals surface area contributed by atoms with Crippen LogP contribution in [0, 0.1) is 0 Å². The normalized spacial score (nSPS) is 8.06. The van der Waals surface area contributed by atoms with Gasteiger partial charge in [0.05, 0.1) is 17.9 Å². The van der Waals surface area contributed by atoms with E-state index in [0.29, 0.717) is 4.90 Å². The molecule has 0 aliphatic rings. The van der Waals surface area contributed by atoms with Crippen molar-refractivity contribution in [2.75, 3.05) is 19.6 Å². The van der Waals surface area contributed by atoms with Gasteiger partial charge in [0.1, 0.15) is 0 Å². The van der Waals surface area contributed by atoms with Crippen LogP contribution < -0.4 is 74.4 Å². The number of carbonyl (C=O) groups excluding carboxylic acids is 3. The van der Waals surface area contributed by atoms with Crippen LogP contribution in [-0.4, -0.2) is 42.4 Å². The largest absolute Gasteiger partial charge is 1.00 e. The molecule has 0 saturated carbocycles. The molecule has 0 unspecified atom stereocenters. The maximum absolute atomic E-state index is 9.99. The van der Waals surface area contributed by atoms with Gasteiger partial charge in [0.15, 0.2) is 0 Å². The summed E-state index contributed by atoms with van der Waals surface area (Å²) in [5.74, 6) is -4.70. The van der Waals surface area contributed by atoms with E-state index < -0.39 is 37.5 Å². The van der Waals surface area contributed by atoms with E-state index in [1.54, 1.807) is 0 Å². The van der Waals surface area contributed by atoms with Crippen LogP contribution in [0.2, 0.25) is 0 Å². The minimum atomic E-state index is -1.57. The minimum absolute atomic E-state index is 0. The van der Waals surface area contributed by atoms with Crippen molar-refractivity contribution in [3.05, 3.63) is 0 Å². The third-order valence-electron chi connectivity index (χ3n) is 1.06. The second-order valence-electron chi connectivity index (χ2n) is 2.26. The third kappa shape index (κ3) is 17.3. The minimum Gasteiger partial charge on any atom is -0.549 e. The molecule has 0 amide bonds. The predicted octanol–water partition coefficient (Wildman–Crippen LogP) is -11.5. The molecule has 0 fully saturated rings. The van der Waals surface area contributed by atoms with Crippen molar-refractivity contribution >= 4 is 17.9 Å². The van der Waals surface area contributed by atoms with Crippen LogP contribution in [0.4, 0.5) is 0 Å². The monoisotopic (exact) mass is 297 g/mol. The number of carboxylic acids is 3. The van der Waals surface area contributed by atoms with Crippen molar-refractivity contribution in [3.8, 4) is 0 Å². The second kappa shape index (κ2) is 14.0. The molecule has 0 heterocycles. The number of carbonyl (C=O) groups is 3. The first-order valence-electron chi connectivity index (χ1n) is 3.23. The number of hydrogen-bond acceptors (Lipinski definition) is 7. The number of hydrogen-bond donors (Lipinski definition) is 0. The van der Waals surface area contributed by atoms with Crippen LogP contribution >= 0.6 is 0 Å². The van der Waals surface area contributed by atoms with Crippen LogP contribution in [0.3, 0.4) is 0 Å². The molecule has 0 spiro atoms. The van der Waals surface area contributed by atoms with Gasteiger partial charge >= 0.3 is 76.2 Å². The fraction of sp³-hybridized carbons (Fsp3) is 0.500. The smallest absolute Gasteiger partial charge is 0.549 e. The van der Waals surface area contributed by atoms with Gasteiger partial charge in [-0.1, -0.05) is 0 Å². The first-order valence-corrected chi connectivity index (χ1v) is 3.23. The van der Waals surface area contributed by atoms with E-state index in [2.05, 4.69) is 0 Å². The van der Waals surface area contributed by atoms with Crippen LogP contribution in [0.1, 0.15) is 0 Å². The zero-order chi connectivity index (χ0) is 10.4. The molecule has 0 rings (SSSR count).